The first-order chi connectivity index (χ1) is 6.79. The van der Waals surface area contributed by atoms with Crippen LogP contribution in [0.2, 0.25) is 0 Å². The Hall–Kier alpha value is -1.00. The minimum absolute atomic E-state index is 0.0482. The second kappa shape index (κ2) is 4.02. The van der Waals surface area contributed by atoms with Crippen LogP contribution in [0.15, 0.2) is 29.2 Å². The SMILES string of the molecule is NCC(=O)OC1Cc2ccccc2S1. The van der Waals surface area contributed by atoms with E-state index in [0.29, 0.717) is 0 Å². The van der Waals surface area contributed by atoms with E-state index in [0.717, 1.165) is 6.42 Å². The molecule has 0 bridgehead atoms. The lowest BCUT2D eigenvalue weighted by Crippen LogP contribution is -2.21. The van der Waals surface area contributed by atoms with E-state index in [1.807, 2.05) is 18.2 Å². The highest BCUT2D eigenvalue weighted by molar-refractivity contribution is 8.00. The molecule has 0 saturated carbocycles. The molecule has 2 rings (SSSR count). The number of hydrogen-bond acceptors (Lipinski definition) is 4. The van der Waals surface area contributed by atoms with Gasteiger partial charge in [-0.15, -0.1) is 0 Å². The average Bonchev–Trinajstić information content (AvgIpc) is 2.59. The summed E-state index contributed by atoms with van der Waals surface area (Å²) in [7, 11) is 0. The molecule has 0 fully saturated rings. The Morgan fingerprint density at radius 2 is 2.36 bits per heavy atom. The lowest BCUT2D eigenvalue weighted by molar-refractivity contribution is -0.143. The highest BCUT2D eigenvalue weighted by Crippen LogP contribution is 2.37. The van der Waals surface area contributed by atoms with Crippen LogP contribution in [0, 0.1) is 0 Å². The number of carbonyl (C=O) groups is 1. The number of fused-ring (bicyclic) bond motifs is 1. The van der Waals surface area contributed by atoms with Crippen LogP contribution >= 0.6 is 11.8 Å². The number of carbonyl (C=O) groups excluding carboxylic acids is 1. The largest absolute Gasteiger partial charge is 0.450 e. The zero-order valence-corrected chi connectivity index (χ0v) is 8.42. The first-order valence-electron chi connectivity index (χ1n) is 4.43. The van der Waals surface area contributed by atoms with Crippen molar-refractivity contribution in [1.82, 2.24) is 0 Å². The molecule has 0 amide bonds. The molecule has 14 heavy (non-hydrogen) atoms. The molecule has 0 radical (unpaired) electrons. The molecule has 2 N–H and O–H groups in total. The van der Waals surface area contributed by atoms with E-state index in [9.17, 15) is 4.79 Å². The van der Waals surface area contributed by atoms with Crippen molar-refractivity contribution < 1.29 is 9.53 Å². The van der Waals surface area contributed by atoms with Crippen LogP contribution in [0.5, 0.6) is 0 Å². The topological polar surface area (TPSA) is 52.3 Å². The zero-order valence-electron chi connectivity index (χ0n) is 7.60. The minimum Gasteiger partial charge on any atom is -0.450 e. The second-order valence-corrected chi connectivity index (χ2v) is 4.25. The Bertz CT molecular complexity index is 329. The van der Waals surface area contributed by atoms with Crippen LogP contribution in [0.25, 0.3) is 0 Å². The number of ether oxygens (including phenoxy) is 1. The molecule has 1 aliphatic rings. The summed E-state index contributed by atoms with van der Waals surface area (Å²) in [6.07, 6.45) is 0.784. The van der Waals surface area contributed by atoms with E-state index >= 15 is 0 Å². The van der Waals surface area contributed by atoms with Crippen molar-refractivity contribution in [2.75, 3.05) is 6.54 Å². The maximum absolute atomic E-state index is 11.0. The van der Waals surface area contributed by atoms with Crippen LogP contribution in [0.1, 0.15) is 5.56 Å². The summed E-state index contributed by atoms with van der Waals surface area (Å²) in [6, 6.07) is 8.07. The molecule has 0 spiro atoms. The molecule has 1 aromatic rings. The van der Waals surface area contributed by atoms with Gasteiger partial charge in [-0.3, -0.25) is 4.79 Å². The first-order valence-corrected chi connectivity index (χ1v) is 5.31. The molecular formula is C10H11NO2S. The lowest BCUT2D eigenvalue weighted by Gasteiger charge is -2.08. The molecule has 3 nitrogen and oxygen atoms in total. The van der Waals surface area contributed by atoms with Gasteiger partial charge in [-0.25, -0.2) is 0 Å². The highest BCUT2D eigenvalue weighted by atomic mass is 32.2. The van der Waals surface area contributed by atoms with E-state index < -0.39 is 0 Å². The predicted octanol–water partition coefficient (Wildman–Crippen LogP) is 1.16. The fourth-order valence-electron chi connectivity index (χ4n) is 1.41. The number of nitrogens with two attached hydrogens (primary N) is 1. The Labute approximate surface area is 86.6 Å². The third-order valence-corrected chi connectivity index (χ3v) is 3.23. The minimum atomic E-state index is -0.338. The number of thioether (sulfide) groups is 1. The third kappa shape index (κ3) is 1.91. The Morgan fingerprint density at radius 3 is 3.07 bits per heavy atom. The zero-order chi connectivity index (χ0) is 9.97. The summed E-state index contributed by atoms with van der Waals surface area (Å²) in [5.41, 5.74) is 6.32. The standard InChI is InChI=1S/C10H11NO2S/c11-6-9(12)13-10-5-7-3-1-2-4-8(7)14-10/h1-4,10H,5-6,11H2. The van der Waals surface area contributed by atoms with Crippen LogP contribution < -0.4 is 5.73 Å². The molecule has 4 heteroatoms. The van der Waals surface area contributed by atoms with Gasteiger partial charge in [0, 0.05) is 11.3 Å². The van der Waals surface area contributed by atoms with Gasteiger partial charge in [0.1, 0.15) is 0 Å². The van der Waals surface area contributed by atoms with Crippen molar-refractivity contribution in [2.45, 2.75) is 16.8 Å². The van der Waals surface area contributed by atoms with Gasteiger partial charge >= 0.3 is 5.97 Å². The Kier molecular flexibility index (Phi) is 2.74. The van der Waals surface area contributed by atoms with Gasteiger partial charge in [-0.05, 0) is 11.6 Å². The number of benzene rings is 1. The van der Waals surface area contributed by atoms with Gasteiger partial charge in [0.15, 0.2) is 5.44 Å². The fraction of sp³-hybridized carbons (Fsp3) is 0.300. The molecule has 74 valence electrons. The summed E-state index contributed by atoms with van der Waals surface area (Å²) in [4.78, 5) is 12.2. The summed E-state index contributed by atoms with van der Waals surface area (Å²) >= 11 is 1.58. The van der Waals surface area contributed by atoms with Crippen molar-refractivity contribution in [3.05, 3.63) is 29.8 Å². The molecular weight excluding hydrogens is 198 g/mol. The second-order valence-electron chi connectivity index (χ2n) is 3.05. The first kappa shape index (κ1) is 9.55. The van der Waals surface area contributed by atoms with E-state index in [2.05, 4.69) is 6.07 Å². The van der Waals surface area contributed by atoms with Crippen molar-refractivity contribution in [3.63, 3.8) is 0 Å². The van der Waals surface area contributed by atoms with Crippen molar-refractivity contribution in [2.24, 2.45) is 5.73 Å². The number of hydrogen-bond donors (Lipinski definition) is 1. The molecule has 1 aliphatic heterocycles. The monoisotopic (exact) mass is 209 g/mol. The molecule has 0 aliphatic carbocycles. The molecule has 1 heterocycles. The number of esters is 1. The molecule has 0 aromatic heterocycles. The Morgan fingerprint density at radius 1 is 1.57 bits per heavy atom. The maximum Gasteiger partial charge on any atom is 0.320 e. The maximum atomic E-state index is 11.0. The van der Waals surface area contributed by atoms with Crippen molar-refractivity contribution in [3.8, 4) is 0 Å². The smallest absolute Gasteiger partial charge is 0.320 e. The summed E-state index contributed by atoms with van der Waals surface area (Å²) in [6.45, 7) is -0.0482. The normalized spacial score (nSPS) is 19.1. The van der Waals surface area contributed by atoms with Gasteiger partial charge in [0.05, 0.1) is 6.54 Å². The third-order valence-electron chi connectivity index (χ3n) is 2.05. The molecule has 0 saturated heterocycles. The molecule has 1 aromatic carbocycles. The van der Waals surface area contributed by atoms with Crippen molar-refractivity contribution in [1.29, 1.82) is 0 Å². The van der Waals surface area contributed by atoms with Gasteiger partial charge < -0.3 is 10.5 Å². The predicted molar refractivity (Wildman–Crippen MR) is 54.9 cm³/mol. The van der Waals surface area contributed by atoms with Crippen molar-refractivity contribution >= 4 is 17.7 Å². The Balaban J connectivity index is 2.01. The van der Waals surface area contributed by atoms with Crippen LogP contribution in [-0.2, 0) is 16.0 Å². The summed E-state index contributed by atoms with van der Waals surface area (Å²) in [5, 5.41) is 0. The van der Waals surface area contributed by atoms with E-state index in [-0.39, 0.29) is 18.0 Å². The summed E-state index contributed by atoms with van der Waals surface area (Å²) in [5.74, 6) is -0.338. The quantitative estimate of drug-likeness (QED) is 0.743. The van der Waals surface area contributed by atoms with Gasteiger partial charge in [-0.2, -0.15) is 0 Å². The van der Waals surface area contributed by atoms with E-state index in [4.69, 9.17) is 10.5 Å². The van der Waals surface area contributed by atoms with Crippen LogP contribution in [-0.4, -0.2) is 18.0 Å². The average molecular weight is 209 g/mol. The summed E-state index contributed by atoms with van der Waals surface area (Å²) < 4.78 is 5.14. The molecule has 1 unspecified atom stereocenters. The van der Waals surface area contributed by atoms with Crippen LogP contribution in [0.4, 0.5) is 0 Å². The van der Waals surface area contributed by atoms with Crippen LogP contribution in [0.3, 0.4) is 0 Å². The van der Waals surface area contributed by atoms with E-state index in [1.54, 1.807) is 11.8 Å². The lowest BCUT2D eigenvalue weighted by atomic mass is 10.2. The van der Waals surface area contributed by atoms with Gasteiger partial charge in [0.25, 0.3) is 0 Å². The molecule has 1 atom stereocenters. The van der Waals surface area contributed by atoms with Gasteiger partial charge in [-0.1, -0.05) is 30.0 Å². The number of rotatable bonds is 2. The highest BCUT2D eigenvalue weighted by Gasteiger charge is 2.24. The fourth-order valence-corrected chi connectivity index (χ4v) is 2.57. The van der Waals surface area contributed by atoms with E-state index in [1.165, 1.54) is 10.5 Å². The van der Waals surface area contributed by atoms with Gasteiger partial charge in [0.2, 0.25) is 0 Å².